The van der Waals surface area contributed by atoms with Gasteiger partial charge in [0.05, 0.1) is 20.3 Å². The van der Waals surface area contributed by atoms with Gasteiger partial charge in [-0.1, -0.05) is 6.07 Å². The number of hydrogen-bond acceptors (Lipinski definition) is 3. The minimum absolute atomic E-state index is 0.330. The van der Waals surface area contributed by atoms with E-state index in [4.69, 9.17) is 9.47 Å². The molecule has 3 aromatic rings. The highest BCUT2D eigenvalue weighted by Crippen LogP contribution is 2.36. The molecule has 2 heterocycles. The molecule has 1 unspecified atom stereocenters. The van der Waals surface area contributed by atoms with Crippen molar-refractivity contribution in [1.82, 2.24) is 9.47 Å². The number of methoxy groups -OCH3 is 2. The van der Waals surface area contributed by atoms with Crippen molar-refractivity contribution in [2.75, 3.05) is 20.8 Å². The molecule has 0 saturated heterocycles. The van der Waals surface area contributed by atoms with E-state index in [-0.39, 0.29) is 6.04 Å². The van der Waals surface area contributed by atoms with Gasteiger partial charge in [0.1, 0.15) is 23.1 Å². The summed E-state index contributed by atoms with van der Waals surface area (Å²) in [6.45, 7) is 2.17. The molecule has 0 saturated carbocycles. The number of aromatic nitrogens is 1. The van der Waals surface area contributed by atoms with E-state index in [1.54, 1.807) is 20.3 Å². The lowest BCUT2D eigenvalue weighted by molar-refractivity contribution is 0.213. The Morgan fingerprint density at radius 3 is 2.62 bits per heavy atom. The van der Waals surface area contributed by atoms with E-state index < -0.39 is 11.6 Å². The Kier molecular flexibility index (Phi) is 5.53. The van der Waals surface area contributed by atoms with E-state index >= 15 is 0 Å². The summed E-state index contributed by atoms with van der Waals surface area (Å²) in [5.74, 6) is 0.385. The van der Waals surface area contributed by atoms with Gasteiger partial charge in [0.15, 0.2) is 0 Å². The number of rotatable bonds is 5. The summed E-state index contributed by atoms with van der Waals surface area (Å²) in [5, 5.41) is 0. The van der Waals surface area contributed by atoms with Crippen molar-refractivity contribution in [1.29, 1.82) is 0 Å². The maximum absolute atomic E-state index is 14.8. The van der Waals surface area contributed by atoms with Crippen LogP contribution in [-0.2, 0) is 13.1 Å². The maximum atomic E-state index is 14.8. The Bertz CT molecular complexity index is 1000. The summed E-state index contributed by atoms with van der Waals surface area (Å²) in [6, 6.07) is 13.2. The smallest absolute Gasteiger partial charge is 0.131 e. The topological polar surface area (TPSA) is 26.6 Å². The van der Waals surface area contributed by atoms with Gasteiger partial charge in [-0.3, -0.25) is 4.90 Å². The molecule has 4 nitrogen and oxygen atoms in total. The minimum atomic E-state index is -0.573. The van der Waals surface area contributed by atoms with Crippen LogP contribution >= 0.6 is 0 Å². The highest BCUT2D eigenvalue weighted by Gasteiger charge is 2.30. The van der Waals surface area contributed by atoms with Crippen molar-refractivity contribution in [3.63, 3.8) is 0 Å². The second kappa shape index (κ2) is 8.25. The van der Waals surface area contributed by atoms with E-state index in [2.05, 4.69) is 9.47 Å². The first kappa shape index (κ1) is 19.5. The lowest BCUT2D eigenvalue weighted by atomic mass is 10.00. The molecule has 1 aromatic heterocycles. The third kappa shape index (κ3) is 3.85. The fourth-order valence-electron chi connectivity index (χ4n) is 4.11. The summed E-state index contributed by atoms with van der Waals surface area (Å²) < 4.78 is 41.5. The average molecular weight is 398 g/mol. The molecule has 0 spiro atoms. The monoisotopic (exact) mass is 398 g/mol. The van der Waals surface area contributed by atoms with Gasteiger partial charge >= 0.3 is 0 Å². The van der Waals surface area contributed by atoms with E-state index in [0.29, 0.717) is 12.1 Å². The van der Waals surface area contributed by atoms with Gasteiger partial charge < -0.3 is 14.0 Å². The quantitative estimate of drug-likeness (QED) is 0.619. The zero-order chi connectivity index (χ0) is 20.4. The second-order valence-corrected chi connectivity index (χ2v) is 7.20. The van der Waals surface area contributed by atoms with Crippen molar-refractivity contribution in [3.05, 3.63) is 83.2 Å². The molecule has 152 valence electrons. The van der Waals surface area contributed by atoms with Gasteiger partial charge in [0, 0.05) is 48.7 Å². The first-order chi connectivity index (χ1) is 14.1. The molecule has 0 fully saturated rings. The molecule has 29 heavy (non-hydrogen) atoms. The van der Waals surface area contributed by atoms with Gasteiger partial charge in [-0.2, -0.15) is 0 Å². The largest absolute Gasteiger partial charge is 0.497 e. The Morgan fingerprint density at radius 2 is 1.86 bits per heavy atom. The molecule has 0 bridgehead atoms. The van der Waals surface area contributed by atoms with Crippen molar-refractivity contribution < 1.29 is 18.3 Å². The maximum Gasteiger partial charge on any atom is 0.131 e. The summed E-state index contributed by atoms with van der Waals surface area (Å²) in [6.07, 6.45) is 2.94. The molecule has 6 heteroatoms. The first-order valence-electron chi connectivity index (χ1n) is 9.65. The van der Waals surface area contributed by atoms with Crippen molar-refractivity contribution in [2.45, 2.75) is 25.6 Å². The van der Waals surface area contributed by atoms with Gasteiger partial charge in [-0.25, -0.2) is 8.78 Å². The van der Waals surface area contributed by atoms with Crippen molar-refractivity contribution in [3.8, 4) is 11.5 Å². The van der Waals surface area contributed by atoms with Gasteiger partial charge in [0.2, 0.25) is 0 Å². The molecule has 0 aliphatic carbocycles. The van der Waals surface area contributed by atoms with E-state index in [9.17, 15) is 8.78 Å². The van der Waals surface area contributed by atoms with Crippen LogP contribution in [0.4, 0.5) is 8.78 Å². The van der Waals surface area contributed by atoms with Crippen LogP contribution in [0.2, 0.25) is 0 Å². The normalized spacial score (nSPS) is 16.9. The number of nitrogens with zero attached hydrogens (tertiary/aromatic N) is 2. The molecular weight excluding hydrogens is 374 g/mol. The number of benzene rings is 2. The lowest BCUT2D eigenvalue weighted by Gasteiger charge is -2.31. The summed E-state index contributed by atoms with van der Waals surface area (Å²) >= 11 is 0. The van der Waals surface area contributed by atoms with Crippen LogP contribution in [0.3, 0.4) is 0 Å². The summed E-state index contributed by atoms with van der Waals surface area (Å²) in [5.41, 5.74) is 2.42. The predicted molar refractivity (Wildman–Crippen MR) is 107 cm³/mol. The zero-order valence-electron chi connectivity index (χ0n) is 16.6. The number of halogens is 2. The first-order valence-corrected chi connectivity index (χ1v) is 9.65. The minimum Gasteiger partial charge on any atom is -0.497 e. The van der Waals surface area contributed by atoms with Crippen molar-refractivity contribution >= 4 is 0 Å². The molecule has 1 aliphatic rings. The highest BCUT2D eigenvalue weighted by atomic mass is 19.1. The highest BCUT2D eigenvalue weighted by molar-refractivity contribution is 5.41. The molecule has 0 N–H and O–H groups in total. The van der Waals surface area contributed by atoms with Crippen LogP contribution < -0.4 is 9.47 Å². The fraction of sp³-hybridized carbons (Fsp3) is 0.304. The van der Waals surface area contributed by atoms with Crippen LogP contribution in [0, 0.1) is 11.6 Å². The van der Waals surface area contributed by atoms with Crippen LogP contribution in [0.1, 0.15) is 29.3 Å². The van der Waals surface area contributed by atoms with Crippen LogP contribution in [0.25, 0.3) is 0 Å². The molecule has 1 aliphatic heterocycles. The average Bonchev–Trinajstić information content (AvgIpc) is 3.11. The Hall–Kier alpha value is -2.86. The number of fused-ring (bicyclic) bond motifs is 1. The Morgan fingerprint density at radius 1 is 1.00 bits per heavy atom. The SMILES string of the molecule is COc1ccc(OC)c(CN2CCCn3cccc3C2c2ccc(F)cc2F)c1. The third-order valence-corrected chi connectivity index (χ3v) is 5.47. The van der Waals surface area contributed by atoms with Crippen LogP contribution in [0.15, 0.2) is 54.7 Å². The molecule has 2 aromatic carbocycles. The van der Waals surface area contributed by atoms with Gasteiger partial charge in [-0.15, -0.1) is 0 Å². The molecule has 0 radical (unpaired) electrons. The summed E-state index contributed by atoms with van der Waals surface area (Å²) in [7, 11) is 3.26. The predicted octanol–water partition coefficient (Wildman–Crippen LogP) is 4.78. The third-order valence-electron chi connectivity index (χ3n) is 5.47. The second-order valence-electron chi connectivity index (χ2n) is 7.20. The molecular formula is C23H24F2N2O2. The number of ether oxygens (including phenoxy) is 2. The molecule has 0 amide bonds. The standard InChI is InChI=1S/C23H24F2N2O2/c1-28-18-7-9-22(29-2)16(13-18)15-27-12-4-11-26-10-3-5-21(26)23(27)19-8-6-17(24)14-20(19)25/h3,5-10,13-14,23H,4,11-12,15H2,1-2H3. The van der Waals surface area contributed by atoms with E-state index in [1.807, 2.05) is 36.5 Å². The lowest BCUT2D eigenvalue weighted by Crippen LogP contribution is -2.30. The summed E-state index contributed by atoms with van der Waals surface area (Å²) in [4.78, 5) is 2.21. The fourth-order valence-corrected chi connectivity index (χ4v) is 4.11. The molecule has 4 rings (SSSR count). The number of hydrogen-bond donors (Lipinski definition) is 0. The number of aryl methyl sites for hydroxylation is 1. The zero-order valence-corrected chi connectivity index (χ0v) is 16.6. The van der Waals surface area contributed by atoms with Crippen LogP contribution in [-0.4, -0.2) is 30.2 Å². The Labute approximate surface area is 169 Å². The Balaban J connectivity index is 1.78. The van der Waals surface area contributed by atoms with Gasteiger partial charge in [0.25, 0.3) is 0 Å². The van der Waals surface area contributed by atoms with Gasteiger partial charge in [-0.05, 0) is 42.8 Å². The van der Waals surface area contributed by atoms with E-state index in [0.717, 1.165) is 48.3 Å². The molecule has 1 atom stereocenters. The van der Waals surface area contributed by atoms with E-state index in [1.165, 1.54) is 6.07 Å². The van der Waals surface area contributed by atoms with Crippen LogP contribution in [0.5, 0.6) is 11.5 Å². The van der Waals surface area contributed by atoms with Crippen molar-refractivity contribution in [2.24, 2.45) is 0 Å².